The van der Waals surface area contributed by atoms with Gasteiger partial charge in [-0.25, -0.2) is 0 Å². The molecule has 0 saturated carbocycles. The molecule has 0 aliphatic heterocycles. The highest BCUT2D eigenvalue weighted by molar-refractivity contribution is 6.33. The number of halogens is 1. The second-order valence-corrected chi connectivity index (χ2v) is 14.0. The van der Waals surface area contributed by atoms with Gasteiger partial charge in [0.1, 0.15) is 0 Å². The molecule has 0 fully saturated rings. The maximum absolute atomic E-state index is 6.46. The molecule has 246 valence electrons. The van der Waals surface area contributed by atoms with Gasteiger partial charge in [-0.15, -0.1) is 0 Å². The van der Waals surface area contributed by atoms with Crippen LogP contribution in [0.25, 0.3) is 13.2 Å². The summed E-state index contributed by atoms with van der Waals surface area (Å²) in [6.45, 7) is 28.4. The summed E-state index contributed by atoms with van der Waals surface area (Å²) in [5.74, 6) is 0.833. The molecule has 0 bridgehead atoms. The summed E-state index contributed by atoms with van der Waals surface area (Å²) >= 11 is 6.46. The Kier molecular flexibility index (Phi) is 17.4. The van der Waals surface area contributed by atoms with Gasteiger partial charge in [0.05, 0.1) is 10.7 Å². The van der Waals surface area contributed by atoms with E-state index in [1.54, 1.807) is 0 Å². The molecule has 1 N–H and O–H groups in total. The van der Waals surface area contributed by atoms with Crippen LogP contribution in [0.15, 0.2) is 54.6 Å². The molecule has 0 aliphatic rings. The van der Waals surface area contributed by atoms with Crippen molar-refractivity contribution in [2.45, 2.75) is 132 Å². The van der Waals surface area contributed by atoms with Crippen LogP contribution in [-0.2, 0) is 19.3 Å². The van der Waals surface area contributed by atoms with Crippen molar-refractivity contribution < 1.29 is 0 Å². The number of aryl methyl sites for hydroxylation is 1. The number of unbranched alkanes of at least 4 members (excludes halogenated alkanes) is 8. The van der Waals surface area contributed by atoms with Gasteiger partial charge in [0.15, 0.2) is 0 Å². The number of allylic oxidation sites excluding steroid dienone is 1. The molecule has 0 aliphatic carbocycles. The molecule has 0 unspecified atom stereocenters. The Hall–Kier alpha value is -2.77. The summed E-state index contributed by atoms with van der Waals surface area (Å²) in [5, 5.41) is 6.81. The SMILES string of the molecule is C=C(CCCCCCCCCCCc1c(C)c(=C)c(C)c(CC)c1=C)Cc1ccccc1Nc1c(C)cccc1Cl.CC(C)C. The Bertz CT molecular complexity index is 1420. The van der Waals surface area contributed by atoms with Gasteiger partial charge in [-0.2, -0.15) is 0 Å². The van der Waals surface area contributed by atoms with Crippen molar-refractivity contribution in [3.63, 3.8) is 0 Å². The lowest BCUT2D eigenvalue weighted by Gasteiger charge is -2.16. The summed E-state index contributed by atoms with van der Waals surface area (Å²) in [6.07, 6.45) is 16.0. The number of para-hydroxylation sites is 2. The van der Waals surface area contributed by atoms with Crippen LogP contribution in [0.3, 0.4) is 0 Å². The molecule has 3 rings (SSSR count). The van der Waals surface area contributed by atoms with E-state index in [0.29, 0.717) is 0 Å². The molecular weight excluding hydrogens is 566 g/mol. The predicted octanol–water partition coefficient (Wildman–Crippen LogP) is 12.3. The van der Waals surface area contributed by atoms with Gasteiger partial charge in [0, 0.05) is 5.69 Å². The zero-order valence-corrected chi connectivity index (χ0v) is 30.6. The van der Waals surface area contributed by atoms with Gasteiger partial charge in [-0.05, 0) is 121 Å². The normalized spacial score (nSPS) is 11.0. The molecule has 0 aromatic heterocycles. The Labute approximate surface area is 281 Å². The number of rotatable bonds is 17. The van der Waals surface area contributed by atoms with Crippen molar-refractivity contribution in [3.05, 3.63) is 103 Å². The molecule has 0 radical (unpaired) electrons. The van der Waals surface area contributed by atoms with Gasteiger partial charge >= 0.3 is 0 Å². The molecule has 45 heavy (non-hydrogen) atoms. The average Bonchev–Trinajstić information content (AvgIpc) is 2.99. The molecule has 1 nitrogen and oxygen atoms in total. The Morgan fingerprint density at radius 3 is 1.89 bits per heavy atom. The highest BCUT2D eigenvalue weighted by Crippen LogP contribution is 2.31. The first-order valence-electron chi connectivity index (χ1n) is 17.5. The van der Waals surface area contributed by atoms with Crippen molar-refractivity contribution in [2.75, 3.05) is 5.32 Å². The summed E-state index contributed by atoms with van der Waals surface area (Å²) < 4.78 is 0. The van der Waals surface area contributed by atoms with Gasteiger partial charge in [-0.3, -0.25) is 0 Å². The van der Waals surface area contributed by atoms with E-state index >= 15 is 0 Å². The van der Waals surface area contributed by atoms with Crippen molar-refractivity contribution in [2.24, 2.45) is 5.92 Å². The summed E-state index contributed by atoms with van der Waals surface area (Å²) in [4.78, 5) is 0. The van der Waals surface area contributed by atoms with E-state index < -0.39 is 0 Å². The minimum absolute atomic E-state index is 0.752. The lowest BCUT2D eigenvalue weighted by molar-refractivity contribution is 0.557. The van der Waals surface area contributed by atoms with E-state index in [9.17, 15) is 0 Å². The third kappa shape index (κ3) is 12.9. The van der Waals surface area contributed by atoms with E-state index in [4.69, 9.17) is 11.6 Å². The molecular formula is C43H62ClN. The van der Waals surface area contributed by atoms with Crippen molar-refractivity contribution in [3.8, 4) is 0 Å². The summed E-state index contributed by atoms with van der Waals surface area (Å²) in [5.41, 5.74) is 11.4. The van der Waals surface area contributed by atoms with Gasteiger partial charge in [0.2, 0.25) is 0 Å². The summed E-state index contributed by atoms with van der Waals surface area (Å²) in [6, 6.07) is 14.5. The number of hydrogen-bond acceptors (Lipinski definition) is 1. The van der Waals surface area contributed by atoms with Gasteiger partial charge < -0.3 is 5.32 Å². The minimum atomic E-state index is 0.752. The zero-order chi connectivity index (χ0) is 33.4. The first kappa shape index (κ1) is 38.4. The lowest BCUT2D eigenvalue weighted by atomic mass is 9.90. The molecule has 0 saturated heterocycles. The number of hydrogen-bond donors (Lipinski definition) is 1. The predicted molar refractivity (Wildman–Crippen MR) is 205 cm³/mol. The molecule has 0 atom stereocenters. The Morgan fingerprint density at radius 2 is 1.29 bits per heavy atom. The van der Waals surface area contributed by atoms with Crippen LogP contribution in [0, 0.1) is 26.7 Å². The van der Waals surface area contributed by atoms with Gasteiger partial charge in [0.25, 0.3) is 0 Å². The highest BCUT2D eigenvalue weighted by Gasteiger charge is 2.10. The Morgan fingerprint density at radius 1 is 0.733 bits per heavy atom. The molecule has 0 heterocycles. The quantitative estimate of drug-likeness (QED) is 0.116. The second-order valence-electron chi connectivity index (χ2n) is 13.6. The van der Waals surface area contributed by atoms with Crippen LogP contribution in [-0.4, -0.2) is 0 Å². The third-order valence-corrected chi connectivity index (χ3v) is 9.10. The first-order valence-corrected chi connectivity index (χ1v) is 17.9. The van der Waals surface area contributed by atoms with E-state index in [0.717, 1.165) is 53.6 Å². The average molecular weight is 628 g/mol. The number of anilines is 2. The smallest absolute Gasteiger partial charge is 0.0643 e. The third-order valence-electron chi connectivity index (χ3n) is 8.79. The van der Waals surface area contributed by atoms with Gasteiger partial charge in [-0.1, -0.05) is 140 Å². The topological polar surface area (TPSA) is 12.0 Å². The molecule has 2 heteroatoms. The van der Waals surface area contributed by atoms with Crippen LogP contribution in [0.5, 0.6) is 0 Å². The fourth-order valence-electron chi connectivity index (χ4n) is 6.09. The minimum Gasteiger partial charge on any atom is -0.354 e. The van der Waals surface area contributed by atoms with E-state index in [1.165, 1.54) is 102 Å². The first-order chi connectivity index (χ1) is 21.5. The van der Waals surface area contributed by atoms with Crippen molar-refractivity contribution >= 4 is 36.1 Å². The molecule has 3 aromatic rings. The standard InChI is InChI=1S/C39H52ClN.C4H10/c1-8-35-31(5)30(4)32(6)36(33(35)7)24-17-15-13-11-9-10-12-14-16-21-28(2)27-34-23-18-19-26-38(34)41-39-29(3)22-20-25-37(39)40;1-4(2)3/h18-20,22-23,25-26,41H,2,4,7-17,21,24,27H2,1,3,5-6H3;4H,1-3H3. The Balaban J connectivity index is 0.00000166. The fraction of sp³-hybridized carbons (Fsp3) is 0.488. The summed E-state index contributed by atoms with van der Waals surface area (Å²) in [7, 11) is 0. The monoisotopic (exact) mass is 627 g/mol. The highest BCUT2D eigenvalue weighted by atomic mass is 35.5. The zero-order valence-electron chi connectivity index (χ0n) is 29.8. The number of benzene rings is 3. The maximum Gasteiger partial charge on any atom is 0.0643 e. The van der Waals surface area contributed by atoms with Crippen molar-refractivity contribution in [1.82, 2.24) is 0 Å². The second kappa shape index (κ2) is 20.4. The van der Waals surface area contributed by atoms with Crippen molar-refractivity contribution in [1.29, 1.82) is 0 Å². The maximum atomic E-state index is 6.46. The van der Waals surface area contributed by atoms with E-state index in [1.807, 2.05) is 12.1 Å². The molecule has 0 spiro atoms. The fourth-order valence-corrected chi connectivity index (χ4v) is 6.36. The molecule has 3 aromatic carbocycles. The molecule has 0 amide bonds. The van der Waals surface area contributed by atoms with E-state index in [-0.39, 0.29) is 0 Å². The lowest BCUT2D eigenvalue weighted by Crippen LogP contribution is -2.26. The van der Waals surface area contributed by atoms with E-state index in [2.05, 4.69) is 104 Å². The van der Waals surface area contributed by atoms with Crippen LogP contribution < -0.4 is 15.8 Å². The number of nitrogens with one attached hydrogen (secondary N) is 1. The largest absolute Gasteiger partial charge is 0.354 e. The van der Waals surface area contributed by atoms with Crippen LogP contribution in [0.1, 0.15) is 125 Å². The van der Waals surface area contributed by atoms with Crippen LogP contribution in [0.2, 0.25) is 5.02 Å². The van der Waals surface area contributed by atoms with Crippen LogP contribution >= 0.6 is 11.6 Å². The van der Waals surface area contributed by atoms with Crippen LogP contribution in [0.4, 0.5) is 11.4 Å².